The summed E-state index contributed by atoms with van der Waals surface area (Å²) in [6.07, 6.45) is -0.124. The van der Waals surface area contributed by atoms with Crippen molar-refractivity contribution in [2.24, 2.45) is 5.41 Å². The highest BCUT2D eigenvalue weighted by Crippen LogP contribution is 2.21. The van der Waals surface area contributed by atoms with Crippen molar-refractivity contribution in [2.75, 3.05) is 17.7 Å². The van der Waals surface area contributed by atoms with Gasteiger partial charge in [-0.15, -0.1) is 0 Å². The number of carboxylic acids is 1. The van der Waals surface area contributed by atoms with Gasteiger partial charge in [-0.3, -0.25) is 9.59 Å². The molecule has 7 nitrogen and oxygen atoms in total. The largest absolute Gasteiger partial charge is 0.481 e. The first-order valence-corrected chi connectivity index (χ1v) is 6.36. The third-order valence-electron chi connectivity index (χ3n) is 2.84. The van der Waals surface area contributed by atoms with Crippen molar-refractivity contribution in [3.05, 3.63) is 24.3 Å². The van der Waals surface area contributed by atoms with Crippen molar-refractivity contribution >= 4 is 29.3 Å². The summed E-state index contributed by atoms with van der Waals surface area (Å²) < 4.78 is 0. The van der Waals surface area contributed by atoms with Crippen LogP contribution in [0.25, 0.3) is 0 Å². The molecule has 0 aliphatic carbocycles. The molecule has 0 radical (unpaired) electrons. The van der Waals surface area contributed by atoms with Gasteiger partial charge in [0, 0.05) is 24.8 Å². The van der Waals surface area contributed by atoms with Gasteiger partial charge < -0.3 is 21.1 Å². The van der Waals surface area contributed by atoms with E-state index in [0.717, 1.165) is 0 Å². The van der Waals surface area contributed by atoms with Gasteiger partial charge in [0.15, 0.2) is 0 Å². The number of carbonyl (C=O) groups is 3. The second kappa shape index (κ2) is 6.74. The number of amides is 3. The van der Waals surface area contributed by atoms with Gasteiger partial charge in [0.25, 0.3) is 0 Å². The molecule has 0 fully saturated rings. The van der Waals surface area contributed by atoms with E-state index in [2.05, 4.69) is 16.0 Å². The number of carbonyl (C=O) groups excluding carboxylic acids is 2. The van der Waals surface area contributed by atoms with E-state index in [9.17, 15) is 14.4 Å². The highest BCUT2D eigenvalue weighted by Gasteiger charge is 2.30. The molecule has 0 saturated carbocycles. The Morgan fingerprint density at radius 3 is 1.95 bits per heavy atom. The van der Waals surface area contributed by atoms with Gasteiger partial charge in [-0.1, -0.05) is 0 Å². The fraction of sp³-hybridized carbons (Fsp3) is 0.357. The molecular formula is C14H19N3O4. The van der Waals surface area contributed by atoms with Gasteiger partial charge >= 0.3 is 12.0 Å². The molecule has 0 saturated heterocycles. The lowest BCUT2D eigenvalue weighted by molar-refractivity contribution is -0.148. The third-order valence-corrected chi connectivity index (χ3v) is 2.84. The standard InChI is InChI=1S/C14H19N3O4/c1-14(2,12(19)20)8-11(18)16-9-4-6-10(7-5-9)17-13(21)15-3/h4-7H,8H2,1-3H3,(H,16,18)(H,19,20)(H2,15,17,21). The van der Waals surface area contributed by atoms with Crippen molar-refractivity contribution in [3.8, 4) is 0 Å². The Bertz CT molecular complexity index is 538. The monoisotopic (exact) mass is 293 g/mol. The Morgan fingerprint density at radius 1 is 1.05 bits per heavy atom. The Kier molecular flexibility index (Phi) is 5.29. The molecule has 3 amide bonds. The Balaban J connectivity index is 2.61. The van der Waals surface area contributed by atoms with E-state index in [4.69, 9.17) is 5.11 Å². The van der Waals surface area contributed by atoms with Gasteiger partial charge in [-0.25, -0.2) is 4.79 Å². The Labute approximate surface area is 122 Å². The SMILES string of the molecule is CNC(=O)Nc1ccc(NC(=O)CC(C)(C)C(=O)O)cc1. The van der Waals surface area contributed by atoms with E-state index in [0.29, 0.717) is 11.4 Å². The minimum absolute atomic E-state index is 0.124. The minimum Gasteiger partial charge on any atom is -0.481 e. The molecule has 0 unspecified atom stereocenters. The highest BCUT2D eigenvalue weighted by molar-refractivity contribution is 5.94. The van der Waals surface area contributed by atoms with E-state index in [1.54, 1.807) is 24.3 Å². The second-order valence-corrected chi connectivity index (χ2v) is 5.20. The van der Waals surface area contributed by atoms with E-state index in [-0.39, 0.29) is 18.4 Å². The van der Waals surface area contributed by atoms with Crippen molar-refractivity contribution in [2.45, 2.75) is 20.3 Å². The number of anilines is 2. The zero-order valence-electron chi connectivity index (χ0n) is 12.2. The maximum atomic E-state index is 11.8. The first kappa shape index (κ1) is 16.5. The number of carboxylic acid groups (broad SMARTS) is 1. The summed E-state index contributed by atoms with van der Waals surface area (Å²) in [7, 11) is 1.51. The molecule has 0 aliphatic heterocycles. The van der Waals surface area contributed by atoms with E-state index < -0.39 is 11.4 Å². The average Bonchev–Trinajstić information content (AvgIpc) is 2.40. The number of benzene rings is 1. The second-order valence-electron chi connectivity index (χ2n) is 5.20. The van der Waals surface area contributed by atoms with Gasteiger partial charge in [0.05, 0.1) is 5.41 Å². The molecule has 21 heavy (non-hydrogen) atoms. The quantitative estimate of drug-likeness (QED) is 0.664. The zero-order chi connectivity index (χ0) is 16.0. The minimum atomic E-state index is -1.12. The first-order valence-electron chi connectivity index (χ1n) is 6.36. The lowest BCUT2D eigenvalue weighted by Crippen LogP contribution is -2.29. The van der Waals surface area contributed by atoms with Crippen LogP contribution in [0.4, 0.5) is 16.2 Å². The predicted molar refractivity (Wildman–Crippen MR) is 79.2 cm³/mol. The summed E-state index contributed by atoms with van der Waals surface area (Å²) >= 11 is 0. The number of aliphatic carboxylic acids is 1. The summed E-state index contributed by atoms with van der Waals surface area (Å²) in [4.78, 5) is 33.9. The van der Waals surface area contributed by atoms with Crippen molar-refractivity contribution in [3.63, 3.8) is 0 Å². The number of rotatable bonds is 5. The van der Waals surface area contributed by atoms with Crippen LogP contribution in [0.3, 0.4) is 0 Å². The molecule has 1 rings (SSSR count). The topological polar surface area (TPSA) is 108 Å². The molecule has 1 aromatic carbocycles. The predicted octanol–water partition coefficient (Wildman–Crippen LogP) is 1.88. The fourth-order valence-corrected chi connectivity index (χ4v) is 1.51. The van der Waals surface area contributed by atoms with Crippen LogP contribution in [-0.2, 0) is 9.59 Å². The Hall–Kier alpha value is -2.57. The van der Waals surface area contributed by atoms with Gasteiger partial charge in [0.2, 0.25) is 5.91 Å². The molecular weight excluding hydrogens is 274 g/mol. The molecule has 0 bridgehead atoms. The third kappa shape index (κ3) is 5.13. The number of hydrogen-bond acceptors (Lipinski definition) is 3. The number of urea groups is 1. The van der Waals surface area contributed by atoms with Crippen molar-refractivity contribution in [1.82, 2.24) is 5.32 Å². The van der Waals surface area contributed by atoms with Crippen LogP contribution in [0.2, 0.25) is 0 Å². The summed E-state index contributed by atoms with van der Waals surface area (Å²) in [6, 6.07) is 6.17. The molecule has 1 aromatic rings. The maximum absolute atomic E-state index is 11.8. The lowest BCUT2D eigenvalue weighted by atomic mass is 9.89. The van der Waals surface area contributed by atoms with Crippen LogP contribution in [-0.4, -0.2) is 30.1 Å². The Morgan fingerprint density at radius 2 is 1.52 bits per heavy atom. The van der Waals surface area contributed by atoms with Crippen LogP contribution >= 0.6 is 0 Å². The van der Waals surface area contributed by atoms with Crippen molar-refractivity contribution < 1.29 is 19.5 Å². The molecule has 0 aliphatic rings. The number of hydrogen-bond donors (Lipinski definition) is 4. The van der Waals surface area contributed by atoms with E-state index >= 15 is 0 Å². The molecule has 0 aromatic heterocycles. The van der Waals surface area contributed by atoms with Crippen LogP contribution in [0, 0.1) is 5.41 Å². The smallest absolute Gasteiger partial charge is 0.318 e. The first-order chi connectivity index (χ1) is 9.74. The summed E-state index contributed by atoms with van der Waals surface area (Å²) in [6.45, 7) is 2.98. The molecule has 0 atom stereocenters. The molecule has 0 spiro atoms. The molecule has 114 valence electrons. The summed E-state index contributed by atoms with van der Waals surface area (Å²) in [5, 5.41) is 16.6. The highest BCUT2D eigenvalue weighted by atomic mass is 16.4. The molecule has 4 N–H and O–H groups in total. The maximum Gasteiger partial charge on any atom is 0.318 e. The van der Waals surface area contributed by atoms with E-state index in [1.165, 1.54) is 20.9 Å². The van der Waals surface area contributed by atoms with Crippen LogP contribution in [0.5, 0.6) is 0 Å². The number of nitrogens with one attached hydrogen (secondary N) is 3. The van der Waals surface area contributed by atoms with Crippen molar-refractivity contribution in [1.29, 1.82) is 0 Å². The normalized spacial score (nSPS) is 10.6. The van der Waals surface area contributed by atoms with Gasteiger partial charge in [-0.2, -0.15) is 0 Å². The average molecular weight is 293 g/mol. The lowest BCUT2D eigenvalue weighted by Gasteiger charge is -2.18. The molecule has 0 heterocycles. The van der Waals surface area contributed by atoms with E-state index in [1.807, 2.05) is 0 Å². The van der Waals surface area contributed by atoms with Crippen LogP contribution in [0.1, 0.15) is 20.3 Å². The summed E-state index contributed by atoms with van der Waals surface area (Å²) in [5.74, 6) is -1.41. The van der Waals surface area contributed by atoms with Crippen LogP contribution in [0.15, 0.2) is 24.3 Å². The molecule has 7 heteroatoms. The van der Waals surface area contributed by atoms with Crippen LogP contribution < -0.4 is 16.0 Å². The van der Waals surface area contributed by atoms with Gasteiger partial charge in [0.1, 0.15) is 0 Å². The van der Waals surface area contributed by atoms with Gasteiger partial charge in [-0.05, 0) is 38.1 Å². The zero-order valence-corrected chi connectivity index (χ0v) is 12.2. The fourth-order valence-electron chi connectivity index (χ4n) is 1.51. The summed E-state index contributed by atoms with van der Waals surface area (Å²) in [5.41, 5.74) is -0.00741.